The van der Waals surface area contributed by atoms with Crippen molar-refractivity contribution < 1.29 is 16.8 Å². The maximum Gasteiger partial charge on any atom is 0.287 e. The number of nitrogens with zero attached hydrogens (tertiary/aromatic N) is 2. The summed E-state index contributed by atoms with van der Waals surface area (Å²) in [4.78, 5) is 2.94. The minimum absolute atomic E-state index is 0.0161. The van der Waals surface area contributed by atoms with Crippen molar-refractivity contribution in [1.82, 2.24) is 4.98 Å². The van der Waals surface area contributed by atoms with Gasteiger partial charge in [0.25, 0.3) is 10.0 Å². The number of primary sulfonamides is 1. The molecule has 0 radical (unpaired) electrons. The number of rotatable bonds is 1. The molecule has 1 aromatic heterocycles. The van der Waals surface area contributed by atoms with Crippen LogP contribution in [0.2, 0.25) is 0 Å². The van der Waals surface area contributed by atoms with Gasteiger partial charge in [0.2, 0.25) is 10.0 Å². The number of nitrogens with two attached hydrogens (primary N) is 1. The van der Waals surface area contributed by atoms with Gasteiger partial charge in [0.15, 0.2) is 5.82 Å². The normalized spacial score (nSPS) is 17.6. The summed E-state index contributed by atoms with van der Waals surface area (Å²) in [5, 5.41) is 7.34. The van der Waals surface area contributed by atoms with E-state index in [-0.39, 0.29) is 15.6 Å². The highest BCUT2D eigenvalue weighted by atomic mass is 32.2. The first-order chi connectivity index (χ1) is 7.31. The third kappa shape index (κ3) is 1.77. The van der Waals surface area contributed by atoms with Crippen LogP contribution in [0.4, 0.5) is 5.82 Å². The molecule has 2 rings (SSSR count). The molecule has 0 aliphatic carbocycles. The van der Waals surface area contributed by atoms with Crippen LogP contribution in [0, 0.1) is 0 Å². The number of anilines is 1. The van der Waals surface area contributed by atoms with Crippen LogP contribution in [0.25, 0.3) is 0 Å². The molecule has 86 valence electrons. The third-order valence-corrected chi connectivity index (χ3v) is 3.96. The Morgan fingerprint density at radius 3 is 2.69 bits per heavy atom. The zero-order valence-electron chi connectivity index (χ0n) is 7.65. The quantitative estimate of drug-likeness (QED) is 0.658. The lowest BCUT2D eigenvalue weighted by molar-refractivity contribution is 0.595. The zero-order chi connectivity index (χ0) is 12.0. The second-order valence-corrected chi connectivity index (χ2v) is 6.08. The number of hydrogen-bond acceptors (Lipinski definition) is 6. The number of sulfonamides is 2. The third-order valence-electron chi connectivity index (χ3n) is 1.83. The maximum absolute atomic E-state index is 11.4. The van der Waals surface area contributed by atoms with Crippen LogP contribution in [0.15, 0.2) is 26.5 Å². The SMILES string of the molecule is NS(=O)(=O)c1cnc2c(c1)S(=O)(=O)N=CN2. The van der Waals surface area contributed by atoms with Crippen molar-refractivity contribution in [3.8, 4) is 0 Å². The van der Waals surface area contributed by atoms with E-state index in [2.05, 4.69) is 14.7 Å². The predicted octanol–water partition coefficient (Wildman–Crippen LogP) is -1.13. The molecule has 10 heteroatoms. The molecule has 0 saturated carbocycles. The van der Waals surface area contributed by atoms with E-state index in [4.69, 9.17) is 5.14 Å². The van der Waals surface area contributed by atoms with Gasteiger partial charge in [-0.1, -0.05) is 0 Å². The van der Waals surface area contributed by atoms with E-state index in [9.17, 15) is 16.8 Å². The summed E-state index contributed by atoms with van der Waals surface area (Å²) in [6, 6.07) is 0.913. The molecular formula is C6H6N4O4S2. The highest BCUT2D eigenvalue weighted by Gasteiger charge is 2.24. The summed E-state index contributed by atoms with van der Waals surface area (Å²) in [6.07, 6.45) is 1.93. The van der Waals surface area contributed by atoms with Gasteiger partial charge in [-0.15, -0.1) is 4.40 Å². The summed E-state index contributed by atoms with van der Waals surface area (Å²) in [5.74, 6) is 0.0161. The Hall–Kier alpha value is -1.52. The Morgan fingerprint density at radius 2 is 2.06 bits per heavy atom. The molecule has 3 N–H and O–H groups in total. The smallest absolute Gasteiger partial charge is 0.287 e. The molecule has 2 heterocycles. The molecule has 16 heavy (non-hydrogen) atoms. The average Bonchev–Trinajstić information content (AvgIpc) is 2.15. The van der Waals surface area contributed by atoms with Crippen molar-refractivity contribution in [1.29, 1.82) is 0 Å². The van der Waals surface area contributed by atoms with Gasteiger partial charge in [-0.25, -0.2) is 18.5 Å². The Balaban J connectivity index is 2.74. The second-order valence-electron chi connectivity index (χ2n) is 2.92. The first kappa shape index (κ1) is 11.0. The van der Waals surface area contributed by atoms with Gasteiger partial charge in [-0.3, -0.25) is 0 Å². The molecule has 0 unspecified atom stereocenters. The van der Waals surface area contributed by atoms with Crippen molar-refractivity contribution in [3.05, 3.63) is 12.3 Å². The van der Waals surface area contributed by atoms with Crippen molar-refractivity contribution in [3.63, 3.8) is 0 Å². The molecule has 0 saturated heterocycles. The van der Waals surface area contributed by atoms with E-state index in [0.717, 1.165) is 18.6 Å². The van der Waals surface area contributed by atoms with Gasteiger partial charge in [-0.2, -0.15) is 8.42 Å². The number of fused-ring (bicyclic) bond motifs is 1. The van der Waals surface area contributed by atoms with Crippen LogP contribution < -0.4 is 10.5 Å². The van der Waals surface area contributed by atoms with Gasteiger partial charge in [0, 0.05) is 6.20 Å². The molecule has 1 aromatic rings. The molecule has 0 atom stereocenters. The fraction of sp³-hybridized carbons (Fsp3) is 0. The van der Waals surface area contributed by atoms with E-state index in [0.29, 0.717) is 0 Å². The van der Waals surface area contributed by atoms with Gasteiger partial charge >= 0.3 is 0 Å². The Labute approximate surface area is 91.3 Å². The number of nitrogens with one attached hydrogen (secondary N) is 1. The van der Waals surface area contributed by atoms with Crippen LogP contribution in [0.5, 0.6) is 0 Å². The molecule has 0 spiro atoms. The second kappa shape index (κ2) is 3.23. The van der Waals surface area contributed by atoms with Gasteiger partial charge in [0.1, 0.15) is 16.1 Å². The summed E-state index contributed by atoms with van der Waals surface area (Å²) in [5.41, 5.74) is 0. The number of pyridine rings is 1. The van der Waals surface area contributed by atoms with Gasteiger partial charge in [0.05, 0.1) is 0 Å². The highest BCUT2D eigenvalue weighted by Crippen LogP contribution is 2.25. The lowest BCUT2D eigenvalue weighted by Gasteiger charge is -2.11. The summed E-state index contributed by atoms with van der Waals surface area (Å²) < 4.78 is 48.1. The van der Waals surface area contributed by atoms with Crippen molar-refractivity contribution in [2.24, 2.45) is 9.54 Å². The Kier molecular flexibility index (Phi) is 2.22. The van der Waals surface area contributed by atoms with Gasteiger partial charge < -0.3 is 5.32 Å². The zero-order valence-corrected chi connectivity index (χ0v) is 9.29. The molecule has 0 fully saturated rings. The predicted molar refractivity (Wildman–Crippen MR) is 54.9 cm³/mol. The van der Waals surface area contributed by atoms with E-state index in [1.54, 1.807) is 0 Å². The Morgan fingerprint density at radius 1 is 1.38 bits per heavy atom. The topological polar surface area (TPSA) is 132 Å². The highest BCUT2D eigenvalue weighted by molar-refractivity contribution is 7.91. The first-order valence-corrected chi connectivity index (χ1v) is 6.87. The standard InChI is InChI=1S/C6H6N4O4S2/c7-15(11,12)4-1-5-6(8-2-4)9-3-10-16(5,13)14/h1-3H,(H2,7,11,12)(H,8,9,10). The minimum Gasteiger partial charge on any atom is -0.329 e. The summed E-state index contributed by atoms with van der Waals surface area (Å²) in [6.45, 7) is 0. The lowest BCUT2D eigenvalue weighted by atomic mass is 10.4. The monoisotopic (exact) mass is 262 g/mol. The lowest BCUT2D eigenvalue weighted by Crippen LogP contribution is -2.17. The van der Waals surface area contributed by atoms with E-state index < -0.39 is 20.0 Å². The molecule has 8 nitrogen and oxygen atoms in total. The van der Waals surface area contributed by atoms with E-state index in [1.807, 2.05) is 0 Å². The first-order valence-electron chi connectivity index (χ1n) is 3.89. The molecule has 0 aromatic carbocycles. The Bertz CT molecular complexity index is 676. The fourth-order valence-corrected chi connectivity index (χ4v) is 2.59. The number of hydrogen-bond donors (Lipinski definition) is 2. The van der Waals surface area contributed by atoms with Crippen LogP contribution in [0.1, 0.15) is 0 Å². The van der Waals surface area contributed by atoms with Crippen LogP contribution in [0.3, 0.4) is 0 Å². The van der Waals surface area contributed by atoms with E-state index in [1.165, 1.54) is 0 Å². The number of aromatic nitrogens is 1. The van der Waals surface area contributed by atoms with Crippen molar-refractivity contribution >= 4 is 32.2 Å². The molecule has 1 aliphatic rings. The molecule has 0 amide bonds. The van der Waals surface area contributed by atoms with Crippen LogP contribution >= 0.6 is 0 Å². The van der Waals surface area contributed by atoms with E-state index >= 15 is 0 Å². The summed E-state index contributed by atoms with van der Waals surface area (Å²) >= 11 is 0. The molecule has 1 aliphatic heterocycles. The van der Waals surface area contributed by atoms with Crippen molar-refractivity contribution in [2.75, 3.05) is 5.32 Å². The molecular weight excluding hydrogens is 256 g/mol. The summed E-state index contributed by atoms with van der Waals surface area (Å²) in [7, 11) is -7.89. The minimum atomic E-state index is -3.99. The van der Waals surface area contributed by atoms with Crippen LogP contribution in [-0.2, 0) is 20.0 Å². The largest absolute Gasteiger partial charge is 0.329 e. The fourth-order valence-electron chi connectivity index (χ4n) is 1.10. The maximum atomic E-state index is 11.4. The molecule has 0 bridgehead atoms. The van der Waals surface area contributed by atoms with Gasteiger partial charge in [-0.05, 0) is 6.07 Å². The average molecular weight is 262 g/mol. The van der Waals surface area contributed by atoms with Crippen LogP contribution in [-0.4, -0.2) is 28.2 Å². The van der Waals surface area contributed by atoms with Crippen molar-refractivity contribution in [2.45, 2.75) is 9.79 Å².